The number of rotatable bonds is 4. The Balaban J connectivity index is 1.61. The maximum Gasteiger partial charge on any atom is 0.254 e. The van der Waals surface area contributed by atoms with Crippen LogP contribution in [0.5, 0.6) is 0 Å². The fraction of sp³-hybridized carbons (Fsp3) is 0.450. The van der Waals surface area contributed by atoms with Crippen LogP contribution in [0.25, 0.3) is 0 Å². The summed E-state index contributed by atoms with van der Waals surface area (Å²) >= 11 is 7.36. The third-order valence-corrected chi connectivity index (χ3v) is 5.95. The van der Waals surface area contributed by atoms with Gasteiger partial charge in [-0.25, -0.2) is 4.98 Å². The normalized spacial score (nSPS) is 16.7. The van der Waals surface area contributed by atoms with Gasteiger partial charge in [0.15, 0.2) is 5.16 Å². The molecule has 1 atom stereocenters. The van der Waals surface area contributed by atoms with Crippen LogP contribution < -0.4 is 10.9 Å². The molecule has 1 aromatic carbocycles. The average Bonchev–Trinajstić information content (AvgIpc) is 2.62. The Kier molecular flexibility index (Phi) is 5.96. The first-order chi connectivity index (χ1) is 12.7. The summed E-state index contributed by atoms with van der Waals surface area (Å²) in [5.74, 6) is 0.383. The lowest BCUT2D eigenvalue weighted by Gasteiger charge is -2.26. The summed E-state index contributed by atoms with van der Waals surface area (Å²) < 4.78 is 1.62. The fourth-order valence-corrected chi connectivity index (χ4v) is 4.10. The Bertz CT molecular complexity index is 888. The van der Waals surface area contributed by atoms with E-state index in [1.165, 1.54) is 11.8 Å². The van der Waals surface area contributed by atoms with E-state index < -0.39 is 0 Å². The highest BCUT2D eigenvalue weighted by atomic mass is 35.5. The Labute approximate surface area is 168 Å². The molecule has 0 saturated heterocycles. The van der Waals surface area contributed by atoms with Gasteiger partial charge in [-0.15, -0.1) is 0 Å². The summed E-state index contributed by atoms with van der Waals surface area (Å²) in [7, 11) is 0. The molecule has 3 rings (SSSR count). The number of hydrogen-bond acceptors (Lipinski definition) is 4. The molecule has 7 heteroatoms. The number of benzene rings is 1. The smallest absolute Gasteiger partial charge is 0.254 e. The molecule has 144 valence electrons. The minimum Gasteiger partial charge on any atom is -0.355 e. The van der Waals surface area contributed by atoms with E-state index in [-0.39, 0.29) is 22.8 Å². The highest BCUT2D eigenvalue weighted by molar-refractivity contribution is 7.99. The number of nitrogens with zero attached hydrogens (tertiary/aromatic N) is 2. The summed E-state index contributed by atoms with van der Waals surface area (Å²) in [5.41, 5.74) is 1.65. The molecule has 1 aliphatic heterocycles. The van der Waals surface area contributed by atoms with Crippen LogP contribution in [0.4, 0.5) is 0 Å². The Hall–Kier alpha value is -1.79. The molecule has 1 N–H and O–H groups in total. The molecule has 0 radical (unpaired) electrons. The number of thioether (sulfide) groups is 1. The van der Waals surface area contributed by atoms with Gasteiger partial charge in [-0.1, -0.05) is 56.3 Å². The number of carbonyl (C=O) groups is 1. The maximum atomic E-state index is 12.5. The molecular formula is C20H24ClN3O2S. The van der Waals surface area contributed by atoms with Gasteiger partial charge in [0.05, 0.1) is 11.6 Å². The summed E-state index contributed by atoms with van der Waals surface area (Å²) in [6.45, 7) is 7.05. The Morgan fingerprint density at radius 3 is 2.70 bits per heavy atom. The number of hydrogen-bond donors (Lipinski definition) is 1. The maximum absolute atomic E-state index is 12.5. The molecule has 1 aliphatic rings. The number of amides is 1. The van der Waals surface area contributed by atoms with Crippen LogP contribution in [0.3, 0.4) is 0 Å². The first kappa shape index (κ1) is 20.0. The second kappa shape index (κ2) is 8.07. The fourth-order valence-electron chi connectivity index (χ4n) is 2.88. The topological polar surface area (TPSA) is 64.0 Å². The van der Waals surface area contributed by atoms with Crippen LogP contribution in [-0.4, -0.2) is 27.8 Å². The molecule has 0 aliphatic carbocycles. The van der Waals surface area contributed by atoms with Gasteiger partial charge in [-0.05, 0) is 24.1 Å². The standard InChI is InChI=1S/C20H24ClN3O2S/c1-20(2,3)16-10-17(25)24-11-14(12-27-19(24)23-16)18(26)22-9-8-13-4-6-15(21)7-5-13/h4-7,10,14H,8-9,11-12H2,1-3H3,(H,22,26). The number of fused-ring (bicyclic) bond motifs is 1. The summed E-state index contributed by atoms with van der Waals surface area (Å²) in [5, 5.41) is 4.39. The number of aromatic nitrogens is 2. The van der Waals surface area contributed by atoms with E-state index >= 15 is 0 Å². The first-order valence-corrected chi connectivity index (χ1v) is 10.4. The molecule has 27 heavy (non-hydrogen) atoms. The minimum absolute atomic E-state index is 0.0195. The van der Waals surface area contributed by atoms with Gasteiger partial charge in [0, 0.05) is 35.3 Å². The Morgan fingerprint density at radius 1 is 1.33 bits per heavy atom. The number of carbonyl (C=O) groups excluding carboxylic acids is 1. The van der Waals surface area contributed by atoms with Crippen LogP contribution in [0.1, 0.15) is 32.0 Å². The van der Waals surface area contributed by atoms with Crippen LogP contribution >= 0.6 is 23.4 Å². The molecule has 5 nitrogen and oxygen atoms in total. The zero-order valence-corrected chi connectivity index (χ0v) is 17.4. The highest BCUT2D eigenvalue weighted by Crippen LogP contribution is 2.28. The molecule has 1 unspecified atom stereocenters. The Morgan fingerprint density at radius 2 is 2.04 bits per heavy atom. The third-order valence-electron chi connectivity index (χ3n) is 4.56. The predicted molar refractivity (Wildman–Crippen MR) is 110 cm³/mol. The van der Waals surface area contributed by atoms with Gasteiger partial charge in [0.25, 0.3) is 5.56 Å². The van der Waals surface area contributed by atoms with E-state index in [2.05, 4.69) is 10.3 Å². The molecule has 1 amide bonds. The molecule has 0 bridgehead atoms. The van der Waals surface area contributed by atoms with Gasteiger partial charge >= 0.3 is 0 Å². The monoisotopic (exact) mass is 405 g/mol. The van der Waals surface area contributed by atoms with E-state index in [0.717, 1.165) is 17.7 Å². The second-order valence-corrected chi connectivity index (χ2v) is 9.22. The van der Waals surface area contributed by atoms with Gasteiger partial charge in [-0.2, -0.15) is 0 Å². The van der Waals surface area contributed by atoms with Crippen LogP contribution in [-0.2, 0) is 23.2 Å². The van der Waals surface area contributed by atoms with Crippen molar-refractivity contribution in [2.75, 3.05) is 12.3 Å². The summed E-state index contributed by atoms with van der Waals surface area (Å²) in [6.07, 6.45) is 0.746. The lowest BCUT2D eigenvalue weighted by molar-refractivity contribution is -0.124. The van der Waals surface area contributed by atoms with Crippen molar-refractivity contribution in [1.82, 2.24) is 14.9 Å². The predicted octanol–water partition coefficient (Wildman–Crippen LogP) is 3.28. The quantitative estimate of drug-likeness (QED) is 0.793. The van der Waals surface area contributed by atoms with E-state index in [9.17, 15) is 9.59 Å². The van der Waals surface area contributed by atoms with Gasteiger partial charge in [0.2, 0.25) is 5.91 Å². The zero-order valence-electron chi connectivity index (χ0n) is 15.8. The SMILES string of the molecule is CC(C)(C)c1cc(=O)n2c(n1)SCC(C(=O)NCCc1ccc(Cl)cc1)C2. The third kappa shape index (κ3) is 4.93. The van der Waals surface area contributed by atoms with Crippen molar-refractivity contribution >= 4 is 29.3 Å². The first-order valence-electron chi connectivity index (χ1n) is 9.01. The molecule has 2 aromatic rings. The van der Waals surface area contributed by atoms with Crippen molar-refractivity contribution in [2.24, 2.45) is 5.92 Å². The zero-order chi connectivity index (χ0) is 19.6. The van der Waals surface area contributed by atoms with Crippen molar-refractivity contribution in [3.05, 3.63) is 57.0 Å². The molecule has 2 heterocycles. The molecular weight excluding hydrogens is 382 g/mol. The van der Waals surface area contributed by atoms with Gasteiger partial charge < -0.3 is 5.32 Å². The largest absolute Gasteiger partial charge is 0.355 e. The van der Waals surface area contributed by atoms with Gasteiger partial charge in [0.1, 0.15) is 0 Å². The summed E-state index contributed by atoms with van der Waals surface area (Å²) in [4.78, 5) is 29.6. The van der Waals surface area contributed by atoms with Crippen molar-refractivity contribution in [2.45, 2.75) is 44.3 Å². The van der Waals surface area contributed by atoms with E-state index in [1.54, 1.807) is 10.6 Å². The van der Waals surface area contributed by atoms with Crippen LogP contribution in [0.15, 0.2) is 40.3 Å². The van der Waals surface area contributed by atoms with Crippen molar-refractivity contribution in [3.8, 4) is 0 Å². The molecule has 0 spiro atoms. The second-order valence-electron chi connectivity index (χ2n) is 7.80. The average molecular weight is 406 g/mol. The lowest BCUT2D eigenvalue weighted by Crippen LogP contribution is -2.41. The molecule has 0 fully saturated rings. The number of nitrogens with one attached hydrogen (secondary N) is 1. The lowest BCUT2D eigenvalue weighted by atomic mass is 9.92. The van der Waals surface area contributed by atoms with Gasteiger partial charge in [-0.3, -0.25) is 14.2 Å². The minimum atomic E-state index is -0.229. The summed E-state index contributed by atoms with van der Waals surface area (Å²) in [6, 6.07) is 9.20. The van der Waals surface area contributed by atoms with E-state index in [4.69, 9.17) is 11.6 Å². The van der Waals surface area contributed by atoms with E-state index in [1.807, 2.05) is 45.0 Å². The molecule has 0 saturated carbocycles. The van der Waals surface area contributed by atoms with E-state index in [0.29, 0.717) is 29.0 Å². The van der Waals surface area contributed by atoms with Crippen molar-refractivity contribution in [1.29, 1.82) is 0 Å². The van der Waals surface area contributed by atoms with Crippen LogP contribution in [0, 0.1) is 5.92 Å². The van der Waals surface area contributed by atoms with Crippen LogP contribution in [0.2, 0.25) is 5.02 Å². The highest BCUT2D eigenvalue weighted by Gasteiger charge is 2.28. The van der Waals surface area contributed by atoms with Crippen molar-refractivity contribution < 1.29 is 4.79 Å². The number of halogens is 1. The molecule has 1 aromatic heterocycles. The van der Waals surface area contributed by atoms with Crippen molar-refractivity contribution in [3.63, 3.8) is 0 Å².